The standard InChI is InChI=1S/C20H17N7O5S/c1-27-15(20(29)32-26-27)12-9(7-21)17(23)25-19-13(12)14(22)16(33-19)18(28)24-10-5-4-8(30-2)6-11(10)31-3/h4-6H,1-3H3,(H5-,22,23,24,25,26,28,29). The monoisotopic (exact) mass is 467 g/mol. The first-order chi connectivity index (χ1) is 15.8. The number of pyridine rings is 1. The molecule has 0 fully saturated rings. The minimum absolute atomic E-state index is 0.00270. The van der Waals surface area contributed by atoms with Crippen LogP contribution in [0.1, 0.15) is 10.4 Å². The lowest BCUT2D eigenvalue weighted by Crippen LogP contribution is -2.34. The van der Waals surface area contributed by atoms with Gasteiger partial charge in [-0.05, 0) is 17.4 Å². The van der Waals surface area contributed by atoms with Crippen molar-refractivity contribution in [3.8, 4) is 28.8 Å². The zero-order valence-corrected chi connectivity index (χ0v) is 18.4. The zero-order chi connectivity index (χ0) is 23.9. The molecule has 12 nitrogen and oxygen atoms in total. The minimum atomic E-state index is -0.743. The Balaban J connectivity index is 1.98. The van der Waals surface area contributed by atoms with Gasteiger partial charge in [-0.3, -0.25) is 9.52 Å². The van der Waals surface area contributed by atoms with E-state index in [0.717, 1.165) is 11.3 Å². The van der Waals surface area contributed by atoms with E-state index in [-0.39, 0.29) is 49.1 Å². The molecule has 0 saturated carbocycles. The number of hydrogen-bond acceptors (Lipinski definition) is 11. The Bertz CT molecular complexity index is 1530. The van der Waals surface area contributed by atoms with Gasteiger partial charge in [0.2, 0.25) is 0 Å². The molecule has 5 N–H and O–H groups in total. The topological polar surface area (TPSA) is 192 Å². The highest BCUT2D eigenvalue weighted by Crippen LogP contribution is 2.41. The van der Waals surface area contributed by atoms with Crippen molar-refractivity contribution >= 4 is 44.6 Å². The lowest BCUT2D eigenvalue weighted by Gasteiger charge is -2.12. The number of nitrogen functional groups attached to an aromatic ring is 2. The van der Waals surface area contributed by atoms with Crippen molar-refractivity contribution in [3.63, 3.8) is 0 Å². The number of thiophene rings is 1. The largest absolute Gasteiger partial charge is 0.858 e. The minimum Gasteiger partial charge on any atom is -0.858 e. The molecule has 0 aliphatic carbocycles. The number of aromatic amines is 1. The molecule has 0 aliphatic heterocycles. The Kier molecular flexibility index (Phi) is 5.36. The number of fused-ring (bicyclic) bond motifs is 1. The number of H-pyrrole nitrogens is 1. The van der Waals surface area contributed by atoms with Gasteiger partial charge >= 0.3 is 11.3 Å². The number of aliphatic imine (C=N–C) groups is 1. The van der Waals surface area contributed by atoms with Crippen molar-refractivity contribution in [2.45, 2.75) is 0 Å². The normalized spacial score (nSPS) is 11.5. The molecular weight excluding hydrogens is 450 g/mol. The summed E-state index contributed by atoms with van der Waals surface area (Å²) in [6.07, 6.45) is 0. The van der Waals surface area contributed by atoms with Crippen LogP contribution in [0.4, 0.5) is 17.2 Å². The Labute approximate surface area is 189 Å². The highest BCUT2D eigenvalue weighted by molar-refractivity contribution is 7.21. The predicted molar refractivity (Wildman–Crippen MR) is 118 cm³/mol. The molecule has 0 amide bonds. The highest BCUT2D eigenvalue weighted by Gasteiger charge is 2.31. The third-order valence-electron chi connectivity index (χ3n) is 4.86. The van der Waals surface area contributed by atoms with Gasteiger partial charge in [0.1, 0.15) is 39.5 Å². The molecule has 3 heterocycles. The fourth-order valence-electron chi connectivity index (χ4n) is 3.33. The molecule has 0 bridgehead atoms. The molecule has 0 saturated heterocycles. The first kappa shape index (κ1) is 21.7. The Morgan fingerprint density at radius 2 is 2.12 bits per heavy atom. The van der Waals surface area contributed by atoms with Crippen LogP contribution in [-0.4, -0.2) is 30.4 Å². The number of nitrogens with zero attached hydrogens (tertiary/aromatic N) is 4. The summed E-state index contributed by atoms with van der Waals surface area (Å²) in [6.45, 7) is 0. The van der Waals surface area contributed by atoms with Crippen molar-refractivity contribution in [1.82, 2.24) is 10.3 Å². The number of anilines is 2. The van der Waals surface area contributed by atoms with Crippen LogP contribution in [0.5, 0.6) is 11.5 Å². The van der Waals surface area contributed by atoms with E-state index in [0.29, 0.717) is 11.5 Å². The Hall–Kier alpha value is -4.57. The van der Waals surface area contributed by atoms with Crippen molar-refractivity contribution in [3.05, 3.63) is 39.1 Å². The summed E-state index contributed by atoms with van der Waals surface area (Å²) in [4.78, 5) is 21.0. The van der Waals surface area contributed by atoms with E-state index in [9.17, 15) is 15.2 Å². The lowest BCUT2D eigenvalue weighted by molar-refractivity contribution is -0.730. The highest BCUT2D eigenvalue weighted by atomic mass is 32.1. The fraction of sp³-hybridized carbons (Fsp3) is 0.150. The average molecular weight is 467 g/mol. The van der Waals surface area contributed by atoms with Crippen LogP contribution >= 0.6 is 11.3 Å². The number of methoxy groups -OCH3 is 2. The number of nitrogens with two attached hydrogens (primary N) is 2. The predicted octanol–water partition coefficient (Wildman–Crippen LogP) is 0.561. The molecule has 33 heavy (non-hydrogen) atoms. The van der Waals surface area contributed by atoms with E-state index in [1.54, 1.807) is 18.2 Å². The van der Waals surface area contributed by atoms with E-state index in [1.807, 2.05) is 6.07 Å². The van der Waals surface area contributed by atoms with E-state index in [2.05, 4.69) is 15.2 Å². The molecule has 0 aliphatic rings. The van der Waals surface area contributed by atoms with Crippen molar-refractivity contribution in [2.75, 3.05) is 25.7 Å². The van der Waals surface area contributed by atoms with Crippen LogP contribution < -0.4 is 36.4 Å². The van der Waals surface area contributed by atoms with Gasteiger partial charge in [-0.15, -0.1) is 11.3 Å². The number of hydrogen-bond donors (Lipinski definition) is 3. The van der Waals surface area contributed by atoms with Gasteiger partial charge in [-0.2, -0.15) is 5.26 Å². The molecule has 168 valence electrons. The number of ether oxygens (including phenoxy) is 2. The van der Waals surface area contributed by atoms with Crippen LogP contribution in [-0.2, 0) is 7.05 Å². The Morgan fingerprint density at radius 3 is 2.73 bits per heavy atom. The summed E-state index contributed by atoms with van der Waals surface area (Å²) in [5.41, 5.74) is 11.9. The second-order valence-corrected chi connectivity index (χ2v) is 7.73. The number of aryl methyl sites for hydroxylation is 1. The van der Waals surface area contributed by atoms with Crippen LogP contribution in [0.25, 0.3) is 21.5 Å². The van der Waals surface area contributed by atoms with Gasteiger partial charge in [0.25, 0.3) is 0 Å². The lowest BCUT2D eigenvalue weighted by atomic mass is 10.0. The molecule has 4 aromatic rings. The molecule has 0 spiro atoms. The maximum Gasteiger partial charge on any atom is 0.435 e. The molecular formula is C20H17N7O5S. The van der Waals surface area contributed by atoms with Crippen LogP contribution in [0, 0.1) is 11.3 Å². The Morgan fingerprint density at radius 1 is 1.36 bits per heavy atom. The fourth-order valence-corrected chi connectivity index (χ4v) is 4.32. The molecule has 0 radical (unpaired) electrons. The van der Waals surface area contributed by atoms with E-state index < -0.39 is 11.5 Å². The van der Waals surface area contributed by atoms with Crippen molar-refractivity contribution in [1.29, 1.82) is 5.26 Å². The number of benzene rings is 1. The first-order valence-corrected chi connectivity index (χ1v) is 10.1. The average Bonchev–Trinajstić information content (AvgIpc) is 3.31. The molecule has 0 unspecified atom stereocenters. The van der Waals surface area contributed by atoms with Crippen LogP contribution in [0.15, 0.2) is 32.5 Å². The molecule has 4 rings (SSSR count). The summed E-state index contributed by atoms with van der Waals surface area (Å²) >= 11 is 0.942. The van der Waals surface area contributed by atoms with E-state index >= 15 is 0 Å². The third kappa shape index (κ3) is 3.48. The second-order valence-electron chi connectivity index (χ2n) is 6.73. The zero-order valence-electron chi connectivity index (χ0n) is 17.6. The quantitative estimate of drug-likeness (QED) is 0.214. The van der Waals surface area contributed by atoms with Crippen LogP contribution in [0.3, 0.4) is 0 Å². The number of rotatable bonds is 5. The van der Waals surface area contributed by atoms with Gasteiger partial charge < -0.3 is 26.0 Å². The maximum absolute atomic E-state index is 13.1. The number of aromatic nitrogens is 3. The van der Waals surface area contributed by atoms with Gasteiger partial charge in [0, 0.05) is 12.0 Å². The second kappa shape index (κ2) is 8.17. The van der Waals surface area contributed by atoms with E-state index in [1.165, 1.54) is 25.9 Å². The molecule has 0 atom stereocenters. The SMILES string of the molecule is COc1ccc(N=C([O-])c2sc3nc(N)c(C#N)c(-c4c(=O)o[nH][n+]4C)c3c2N)c(OC)c1. The van der Waals surface area contributed by atoms with Gasteiger partial charge in [0.15, 0.2) is 7.05 Å². The summed E-state index contributed by atoms with van der Waals surface area (Å²) in [5.74, 6) is 0.0856. The maximum atomic E-state index is 13.1. The van der Waals surface area contributed by atoms with Crippen molar-refractivity contribution < 1.29 is 23.8 Å². The summed E-state index contributed by atoms with van der Waals surface area (Å²) in [6, 6.07) is 6.74. The molecule has 3 aromatic heterocycles. The summed E-state index contributed by atoms with van der Waals surface area (Å²) in [5, 5.41) is 25.3. The van der Waals surface area contributed by atoms with Gasteiger partial charge in [-0.25, -0.2) is 9.78 Å². The van der Waals surface area contributed by atoms with Gasteiger partial charge in [0.05, 0.1) is 35.7 Å². The van der Waals surface area contributed by atoms with E-state index in [4.69, 9.17) is 25.5 Å². The number of nitrogens with one attached hydrogen (secondary N) is 1. The molecule has 1 aromatic carbocycles. The van der Waals surface area contributed by atoms with Gasteiger partial charge in [-0.1, -0.05) is 4.68 Å². The first-order valence-electron chi connectivity index (χ1n) is 9.28. The summed E-state index contributed by atoms with van der Waals surface area (Å²) < 4.78 is 16.5. The smallest absolute Gasteiger partial charge is 0.435 e. The molecule has 13 heteroatoms. The number of nitriles is 1. The van der Waals surface area contributed by atoms with Crippen molar-refractivity contribution in [2.24, 2.45) is 12.0 Å². The summed E-state index contributed by atoms with van der Waals surface area (Å²) in [7, 11) is 4.46. The third-order valence-corrected chi connectivity index (χ3v) is 5.95. The van der Waals surface area contributed by atoms with Crippen LogP contribution in [0.2, 0.25) is 0 Å².